The summed E-state index contributed by atoms with van der Waals surface area (Å²) in [5.74, 6) is 1.03. The van der Waals surface area contributed by atoms with E-state index in [1.165, 1.54) is 0 Å². The van der Waals surface area contributed by atoms with Gasteiger partial charge in [0.25, 0.3) is 0 Å². The molecule has 0 fully saturated rings. The molecule has 0 heterocycles. The van der Waals surface area contributed by atoms with Crippen LogP contribution in [0.1, 0.15) is 63.8 Å². The lowest BCUT2D eigenvalue weighted by Crippen LogP contribution is -2.17. The van der Waals surface area contributed by atoms with Crippen LogP contribution in [0, 0.1) is 0 Å². The molecule has 0 aliphatic carbocycles. The Hall–Kier alpha value is -5.42. The zero-order valence-corrected chi connectivity index (χ0v) is 28.7. The standard InChI is InChI=1S/C43H42N2O3/c1-42(2,3)31-23-30(40(46)34(24-31)43(4,5)6)26-45-36-19-13-12-18-35(36)44-25-29-22-28-15-9-11-17-33(28)39(41(29)47)38-32-16-10-8-14-27(32)20-21-37(38)48-7/h8-26,46-47H,1-7H3. The molecular weight excluding hydrogens is 592 g/mol. The van der Waals surface area contributed by atoms with E-state index < -0.39 is 0 Å². The van der Waals surface area contributed by atoms with Crippen molar-refractivity contribution in [2.45, 2.75) is 52.4 Å². The summed E-state index contributed by atoms with van der Waals surface area (Å²) in [6, 6.07) is 33.8. The second-order valence-electron chi connectivity index (χ2n) is 14.2. The summed E-state index contributed by atoms with van der Waals surface area (Å²) in [4.78, 5) is 9.65. The van der Waals surface area contributed by atoms with E-state index in [-0.39, 0.29) is 22.3 Å². The van der Waals surface area contributed by atoms with Crippen molar-refractivity contribution in [3.8, 4) is 28.4 Å². The van der Waals surface area contributed by atoms with Gasteiger partial charge in [0, 0.05) is 40.2 Å². The molecule has 0 bridgehead atoms. The number of phenolic OH excluding ortho intramolecular Hbond substituents is 2. The zero-order valence-electron chi connectivity index (χ0n) is 28.7. The number of benzene rings is 6. The predicted molar refractivity (Wildman–Crippen MR) is 202 cm³/mol. The highest BCUT2D eigenvalue weighted by molar-refractivity contribution is 6.12. The van der Waals surface area contributed by atoms with Gasteiger partial charge in [-0.15, -0.1) is 0 Å². The van der Waals surface area contributed by atoms with Gasteiger partial charge in [0.05, 0.1) is 18.5 Å². The van der Waals surface area contributed by atoms with Gasteiger partial charge in [-0.1, -0.05) is 114 Å². The Morgan fingerprint density at radius 3 is 1.69 bits per heavy atom. The second kappa shape index (κ2) is 12.6. The maximum Gasteiger partial charge on any atom is 0.132 e. The van der Waals surface area contributed by atoms with E-state index in [9.17, 15) is 10.2 Å². The number of para-hydroxylation sites is 2. The molecule has 0 spiro atoms. The van der Waals surface area contributed by atoms with Gasteiger partial charge in [-0.2, -0.15) is 0 Å². The Labute approximate surface area is 282 Å². The van der Waals surface area contributed by atoms with E-state index in [2.05, 4.69) is 59.7 Å². The molecule has 0 aliphatic rings. The van der Waals surface area contributed by atoms with Crippen LogP contribution in [0.2, 0.25) is 0 Å². The first-order valence-corrected chi connectivity index (χ1v) is 16.2. The van der Waals surface area contributed by atoms with Crippen LogP contribution in [0.4, 0.5) is 11.4 Å². The van der Waals surface area contributed by atoms with Gasteiger partial charge in [0.15, 0.2) is 0 Å². The van der Waals surface area contributed by atoms with Crippen LogP contribution < -0.4 is 4.74 Å². The third-order valence-corrected chi connectivity index (χ3v) is 8.79. The van der Waals surface area contributed by atoms with Crippen molar-refractivity contribution in [3.05, 3.63) is 125 Å². The summed E-state index contributed by atoms with van der Waals surface area (Å²) in [5, 5.41) is 27.1. The van der Waals surface area contributed by atoms with Crippen LogP contribution in [0.3, 0.4) is 0 Å². The molecule has 2 N–H and O–H groups in total. The predicted octanol–water partition coefficient (Wildman–Crippen LogP) is 11.2. The minimum atomic E-state index is -0.243. The normalized spacial score (nSPS) is 12.5. The zero-order chi connectivity index (χ0) is 34.2. The third-order valence-electron chi connectivity index (χ3n) is 8.79. The van der Waals surface area contributed by atoms with Crippen molar-refractivity contribution >= 4 is 45.3 Å². The summed E-state index contributed by atoms with van der Waals surface area (Å²) >= 11 is 0. The Morgan fingerprint density at radius 2 is 1.10 bits per heavy atom. The highest BCUT2D eigenvalue weighted by atomic mass is 16.5. The van der Waals surface area contributed by atoms with Crippen molar-refractivity contribution in [2.24, 2.45) is 9.98 Å². The molecule has 0 amide bonds. The third kappa shape index (κ3) is 6.28. The minimum Gasteiger partial charge on any atom is -0.507 e. The van der Waals surface area contributed by atoms with Crippen LogP contribution in [-0.4, -0.2) is 29.8 Å². The molecule has 0 aromatic heterocycles. The van der Waals surface area contributed by atoms with Crippen molar-refractivity contribution < 1.29 is 14.9 Å². The fourth-order valence-electron chi connectivity index (χ4n) is 6.11. The average Bonchev–Trinajstić information content (AvgIpc) is 3.06. The average molecular weight is 635 g/mol. The number of phenols is 2. The molecule has 5 nitrogen and oxygen atoms in total. The number of aliphatic imine (C=N–C) groups is 2. The van der Waals surface area contributed by atoms with Gasteiger partial charge in [-0.05, 0) is 68.3 Å². The van der Waals surface area contributed by atoms with Crippen LogP contribution in [-0.2, 0) is 10.8 Å². The molecule has 0 saturated carbocycles. The van der Waals surface area contributed by atoms with Crippen molar-refractivity contribution in [2.75, 3.05) is 7.11 Å². The highest BCUT2D eigenvalue weighted by Gasteiger charge is 2.25. The number of nitrogens with zero attached hydrogens (tertiary/aromatic N) is 2. The highest BCUT2D eigenvalue weighted by Crippen LogP contribution is 2.46. The van der Waals surface area contributed by atoms with Gasteiger partial charge in [0.2, 0.25) is 0 Å². The maximum absolute atomic E-state index is 11.9. The molecule has 0 radical (unpaired) electrons. The number of methoxy groups -OCH3 is 1. The molecule has 242 valence electrons. The lowest BCUT2D eigenvalue weighted by atomic mass is 9.79. The molecule has 48 heavy (non-hydrogen) atoms. The van der Waals surface area contributed by atoms with Crippen molar-refractivity contribution in [3.63, 3.8) is 0 Å². The van der Waals surface area contributed by atoms with Gasteiger partial charge in [0.1, 0.15) is 17.2 Å². The maximum atomic E-state index is 11.9. The SMILES string of the molecule is COc1ccc2ccccc2c1-c1c(O)c(C=Nc2ccccc2N=Cc2cc(C(C)(C)C)cc(C(C)(C)C)c2O)cc2ccccc12. The smallest absolute Gasteiger partial charge is 0.132 e. The van der Waals surface area contributed by atoms with Crippen LogP contribution in [0.5, 0.6) is 17.2 Å². The fraction of sp³-hybridized carbons (Fsp3) is 0.209. The Kier molecular flexibility index (Phi) is 8.57. The Bertz CT molecular complexity index is 2220. The molecule has 6 rings (SSSR count). The van der Waals surface area contributed by atoms with Crippen LogP contribution in [0.15, 0.2) is 113 Å². The largest absolute Gasteiger partial charge is 0.507 e. The van der Waals surface area contributed by atoms with Crippen molar-refractivity contribution in [1.82, 2.24) is 0 Å². The van der Waals surface area contributed by atoms with Gasteiger partial charge < -0.3 is 14.9 Å². The summed E-state index contributed by atoms with van der Waals surface area (Å²) in [5.41, 5.74) is 5.69. The van der Waals surface area contributed by atoms with Gasteiger partial charge in [-0.25, -0.2) is 0 Å². The summed E-state index contributed by atoms with van der Waals surface area (Å²) in [6.45, 7) is 12.8. The second-order valence-corrected chi connectivity index (χ2v) is 14.2. The molecule has 6 aromatic rings. The first-order valence-electron chi connectivity index (χ1n) is 16.2. The Morgan fingerprint density at radius 1 is 0.562 bits per heavy atom. The quantitative estimate of drug-likeness (QED) is 0.179. The van der Waals surface area contributed by atoms with E-state index >= 15 is 0 Å². The van der Waals surface area contributed by atoms with Crippen molar-refractivity contribution in [1.29, 1.82) is 0 Å². The molecular formula is C43H42N2O3. The number of aromatic hydroxyl groups is 2. The van der Waals surface area contributed by atoms with Gasteiger partial charge >= 0.3 is 0 Å². The number of hydrogen-bond acceptors (Lipinski definition) is 5. The molecule has 0 saturated heterocycles. The number of hydrogen-bond donors (Lipinski definition) is 2. The van der Waals surface area contributed by atoms with E-state index in [1.807, 2.05) is 84.9 Å². The monoisotopic (exact) mass is 634 g/mol. The molecule has 0 atom stereocenters. The van der Waals surface area contributed by atoms with E-state index in [0.717, 1.165) is 38.2 Å². The lowest BCUT2D eigenvalue weighted by Gasteiger charge is -2.27. The first-order chi connectivity index (χ1) is 22.9. The number of ether oxygens (including phenoxy) is 1. The molecule has 0 aliphatic heterocycles. The summed E-state index contributed by atoms with van der Waals surface area (Å²) in [7, 11) is 1.65. The summed E-state index contributed by atoms with van der Waals surface area (Å²) < 4.78 is 5.84. The van der Waals surface area contributed by atoms with E-state index in [4.69, 9.17) is 14.7 Å². The number of fused-ring (bicyclic) bond motifs is 2. The lowest BCUT2D eigenvalue weighted by molar-refractivity contribution is 0.416. The summed E-state index contributed by atoms with van der Waals surface area (Å²) in [6.07, 6.45) is 3.40. The van der Waals surface area contributed by atoms with Crippen LogP contribution >= 0.6 is 0 Å². The van der Waals surface area contributed by atoms with Crippen LogP contribution in [0.25, 0.3) is 32.7 Å². The Balaban J connectivity index is 1.46. The molecule has 0 unspecified atom stereocenters. The van der Waals surface area contributed by atoms with Gasteiger partial charge in [-0.3, -0.25) is 9.98 Å². The van der Waals surface area contributed by atoms with E-state index in [1.54, 1.807) is 19.5 Å². The van der Waals surface area contributed by atoms with E-state index in [0.29, 0.717) is 33.8 Å². The molecule has 6 aromatic carbocycles. The molecule has 5 heteroatoms. The fourth-order valence-corrected chi connectivity index (χ4v) is 6.11. The number of rotatable bonds is 6. The minimum absolute atomic E-state index is 0.102. The topological polar surface area (TPSA) is 74.4 Å². The first kappa shape index (κ1) is 32.5.